The van der Waals surface area contributed by atoms with Crippen LogP contribution in [0.3, 0.4) is 0 Å². The van der Waals surface area contributed by atoms with Gasteiger partial charge in [-0.15, -0.1) is 0 Å². The molecule has 8 aliphatic rings. The zero-order chi connectivity index (χ0) is 86.8. The number of nitrogens with zero attached hydrogens (tertiary/aromatic N) is 5. The van der Waals surface area contributed by atoms with Crippen molar-refractivity contribution in [3.8, 4) is 6.07 Å². The van der Waals surface area contributed by atoms with E-state index >= 15 is 0 Å². The molecule has 634 valence electrons. The van der Waals surface area contributed by atoms with Gasteiger partial charge in [0.1, 0.15) is 47.0 Å². The first kappa shape index (κ1) is 89.0. The summed E-state index contributed by atoms with van der Waals surface area (Å²) in [5.74, 6) is -4.78. The lowest BCUT2D eigenvalue weighted by Gasteiger charge is -2.17. The molecule has 17 rings (SSSR count). The van der Waals surface area contributed by atoms with Gasteiger partial charge in [-0.3, -0.25) is 19.2 Å². The van der Waals surface area contributed by atoms with Crippen LogP contribution in [0.25, 0.3) is 6.08 Å². The number of carboxylic acids is 1. The third-order valence-corrected chi connectivity index (χ3v) is 23.4. The molecule has 0 bridgehead atoms. The molecule has 25 nitrogen and oxygen atoms in total. The first-order chi connectivity index (χ1) is 58.7. The van der Waals surface area contributed by atoms with E-state index in [-0.39, 0.29) is 56.7 Å². The van der Waals surface area contributed by atoms with Crippen molar-refractivity contribution >= 4 is 79.5 Å². The highest BCUT2D eigenvalue weighted by Crippen LogP contribution is 2.39. The fourth-order valence-electron chi connectivity index (χ4n) is 16.0. The second-order valence-corrected chi connectivity index (χ2v) is 32.1. The number of nitriles is 1. The Hall–Kier alpha value is -12.2. The Bertz CT molecular complexity index is 5970. The number of hydrogen-bond acceptors (Lipinski definition) is 18. The van der Waals surface area contributed by atoms with Crippen molar-refractivity contribution in [2.24, 2.45) is 0 Å². The molecule has 122 heavy (non-hydrogen) atoms. The summed E-state index contributed by atoms with van der Waals surface area (Å²) in [5.41, 5.74) is 16.8. The number of methoxy groups -OCH3 is 1. The Morgan fingerprint density at radius 1 is 0.467 bits per heavy atom. The summed E-state index contributed by atoms with van der Waals surface area (Å²) in [6.45, 7) is 1.46. The monoisotopic (exact) mass is 1800 g/mol. The van der Waals surface area contributed by atoms with E-state index in [1.807, 2.05) is 6.07 Å². The Morgan fingerprint density at radius 3 is 1.24 bits per heavy atom. The molecule has 7 N–H and O–H groups in total. The zero-order valence-corrected chi connectivity index (χ0v) is 69.9. The Balaban J connectivity index is 0.000000136. The van der Waals surface area contributed by atoms with Crippen molar-refractivity contribution in [3.63, 3.8) is 0 Å². The van der Waals surface area contributed by atoms with Crippen molar-refractivity contribution < 1.29 is 70.0 Å². The van der Waals surface area contributed by atoms with Crippen LogP contribution >= 0.6 is 31.9 Å². The van der Waals surface area contributed by atoms with Crippen LogP contribution in [0.4, 0.5) is 32.4 Å². The van der Waals surface area contributed by atoms with Gasteiger partial charge in [0.25, 0.3) is 22.2 Å². The van der Waals surface area contributed by atoms with Crippen LogP contribution < -0.4 is 32.9 Å². The number of aromatic nitrogens is 8. The number of fused-ring (bicyclic) bond motifs is 4. The van der Waals surface area contributed by atoms with Gasteiger partial charge < -0.3 is 30.0 Å². The van der Waals surface area contributed by atoms with Crippen LogP contribution in [-0.2, 0) is 110 Å². The van der Waals surface area contributed by atoms with Gasteiger partial charge in [-0.2, -0.15) is 25.7 Å². The Labute approximate surface area is 712 Å². The number of carbonyl (C=O) groups excluding carboxylic acids is 5. The number of allylic oxidation sites excluding steroid dienone is 1. The minimum atomic E-state index is -1.30. The summed E-state index contributed by atoms with van der Waals surface area (Å²) in [5, 5.41) is 49.5. The number of carbonyl (C=O) groups is 6. The lowest BCUT2D eigenvalue weighted by atomic mass is 9.90. The third kappa shape index (κ3) is 22.3. The van der Waals surface area contributed by atoms with Crippen molar-refractivity contribution in [3.05, 3.63) is 305 Å². The van der Waals surface area contributed by atoms with Crippen molar-refractivity contribution in [1.29, 1.82) is 5.26 Å². The smallest absolute Gasteiger partial charge is 0.342 e. The summed E-state index contributed by atoms with van der Waals surface area (Å²) in [6, 6.07) is 22.8. The molecule has 0 saturated heterocycles. The van der Waals surface area contributed by atoms with Gasteiger partial charge in [0, 0.05) is 70.2 Å². The summed E-state index contributed by atoms with van der Waals surface area (Å²) in [7, 11) is 1.21. The maximum absolute atomic E-state index is 14.2. The number of carboxylic acid groups (broad SMARTS) is 1. The van der Waals surface area contributed by atoms with E-state index in [0.717, 1.165) is 261 Å². The average molecular weight is 1800 g/mol. The molecular formula is C90H86Br2F5N11O14. The van der Waals surface area contributed by atoms with E-state index < -0.39 is 53.4 Å². The number of anilines is 1. The highest BCUT2D eigenvalue weighted by atomic mass is 79.9. The van der Waals surface area contributed by atoms with Gasteiger partial charge in [0.15, 0.2) is 0 Å². The Kier molecular flexibility index (Phi) is 30.2. The predicted molar refractivity (Wildman–Crippen MR) is 446 cm³/mol. The van der Waals surface area contributed by atoms with Crippen LogP contribution in [-0.4, -0.2) is 94.9 Å². The molecule has 1 unspecified atom stereocenters. The molecule has 0 spiro atoms. The minimum absolute atomic E-state index is 0.0182. The van der Waals surface area contributed by atoms with E-state index in [1.165, 1.54) is 56.5 Å². The number of urea groups is 1. The van der Waals surface area contributed by atoms with Crippen LogP contribution in [0.15, 0.2) is 147 Å². The number of H-pyrrole nitrogens is 4. The number of benzene rings is 5. The van der Waals surface area contributed by atoms with Gasteiger partial charge in [0.05, 0.1) is 55.6 Å². The molecule has 2 amide bonds. The second kappa shape index (κ2) is 41.4. The van der Waals surface area contributed by atoms with Crippen LogP contribution in [0.5, 0.6) is 0 Å². The van der Waals surface area contributed by atoms with E-state index in [2.05, 4.69) is 92.8 Å². The molecular weight excluding hydrogens is 1710 g/mol. The number of halogens is 7. The molecule has 4 aromatic heterocycles. The number of cyclic esters (lactones) is 3. The molecule has 0 fully saturated rings. The molecule has 1 atom stereocenters. The first-order valence-electron chi connectivity index (χ1n) is 40.3. The number of aromatic carboxylic acids is 1. The Morgan fingerprint density at radius 2 is 0.820 bits per heavy atom. The summed E-state index contributed by atoms with van der Waals surface area (Å²) in [6.07, 6.45) is 25.6. The summed E-state index contributed by atoms with van der Waals surface area (Å²) < 4.78 is 82.6. The van der Waals surface area contributed by atoms with E-state index in [1.54, 1.807) is 48.5 Å². The molecule has 6 aliphatic carbocycles. The standard InChI is InChI=1S/C20H23FN4O4.C16H14FN3O.C16H15FN2O3.C15H14BrFN2O.C15H12BrFO2.C8H8O3/c1-11(19(27)29-2)22-20(28)23-17-10-12(7-8-15(17)21)9-16-13-5-3-4-6-14(13)18(26)25-24-16;17-14-6-5-10(7-11(14)9-18)8-15-12-3-1-2-4-13(12)16(21)20-19-15;17-13-6-5-9(7-12(13)16(21)22)8-14-10-3-1-2-4-11(10)15(20)19-18-14;16-12-7-9(5-6-13(12)17)8-14-10-3-1-2-4-11(10)15(20)19-18-14;16-12-7-9(5-6-13(12)17)8-14-10-3-1-2-4-11(10)15(18)19-14;9-7-5-3-1-2-4-6(5)8(10)11-7/h7-8,10-11H,3-6,9H2,1-2H3,(H,25,26)(H2,22,23,28);5-7H,1-4,8H2,(H,20,21);5-7H,1-4,8H2,(H,19,20)(H,21,22);5-7H,1-4,8H2,(H,19,20);5-8H,1-4H2;1-4H2/b;;;;14-8-;. The topological polar surface area (TPSA) is 381 Å². The SMILES string of the molecule is COC(=O)C(C)NC(=O)Nc1cc(Cc2n[nH]c(=O)c3c2CCCC3)ccc1F.N#Cc1cc(Cc2n[nH]c(=O)c3c2CCCC3)ccc1F.O=C(O)c1cc(Cc2n[nH]c(=O)c3c2CCCC3)ccc1F.O=C1O/C(=C\c2ccc(F)c(Br)c2)C2=C1CCCC2.O=C1OC(=O)C2=C1CCCC2.O=c1[nH]nc(Cc2ccc(F)c(Br)c2)c2c1CCCC2. The van der Waals surface area contributed by atoms with Gasteiger partial charge in [-0.1, -0.05) is 30.3 Å². The molecule has 2 aliphatic heterocycles. The summed E-state index contributed by atoms with van der Waals surface area (Å²) >= 11 is 6.34. The number of esters is 4. The fourth-order valence-corrected chi connectivity index (χ4v) is 16.8. The van der Waals surface area contributed by atoms with Gasteiger partial charge >= 0.3 is 35.9 Å². The van der Waals surface area contributed by atoms with Crippen LogP contribution in [0, 0.1) is 40.4 Å². The maximum atomic E-state index is 14.2. The number of amides is 2. The second-order valence-electron chi connectivity index (χ2n) is 30.4. The normalized spacial score (nSPS) is 15.8. The number of rotatable bonds is 13. The maximum Gasteiger partial charge on any atom is 0.342 e. The largest absolute Gasteiger partial charge is 0.478 e. The van der Waals surface area contributed by atoms with Crippen molar-refractivity contribution in [2.45, 2.75) is 193 Å². The van der Waals surface area contributed by atoms with Crippen molar-refractivity contribution in [1.82, 2.24) is 46.1 Å². The lowest BCUT2D eigenvalue weighted by molar-refractivity contribution is -0.151. The number of ether oxygens (including phenoxy) is 3. The quantitative estimate of drug-likeness (QED) is 0.0244. The first-order valence-corrected chi connectivity index (χ1v) is 41.9. The molecule has 0 radical (unpaired) electrons. The lowest BCUT2D eigenvalue weighted by Crippen LogP contribution is -2.41. The molecule has 9 aromatic rings. The highest BCUT2D eigenvalue weighted by molar-refractivity contribution is 9.10. The van der Waals surface area contributed by atoms with E-state index in [9.17, 15) is 69.9 Å². The number of nitrogens with one attached hydrogen (secondary N) is 6. The van der Waals surface area contributed by atoms with Gasteiger partial charge in [-0.05, 0) is 310 Å². The number of aromatic amines is 4. The average Bonchev–Trinajstić information content (AvgIpc) is 1.19. The molecule has 5 aromatic carbocycles. The summed E-state index contributed by atoms with van der Waals surface area (Å²) in [4.78, 5) is 115. The highest BCUT2D eigenvalue weighted by Gasteiger charge is 2.35. The van der Waals surface area contributed by atoms with Gasteiger partial charge in [-0.25, -0.2) is 71.1 Å². The van der Waals surface area contributed by atoms with E-state index in [4.69, 9.17) is 15.1 Å². The fraction of sp³-hybridized carbons (Fsp3) is 0.344. The minimum Gasteiger partial charge on any atom is -0.478 e. The molecule has 32 heteroatoms. The molecule has 6 heterocycles. The third-order valence-electron chi connectivity index (χ3n) is 22.2. The zero-order valence-electron chi connectivity index (χ0n) is 66.8. The van der Waals surface area contributed by atoms with Crippen LogP contribution in [0.2, 0.25) is 0 Å². The molecule has 0 saturated carbocycles. The predicted octanol–water partition coefficient (Wildman–Crippen LogP) is 14.8. The van der Waals surface area contributed by atoms with Crippen molar-refractivity contribution in [2.75, 3.05) is 12.4 Å². The van der Waals surface area contributed by atoms with Crippen LogP contribution in [0.1, 0.15) is 221 Å². The van der Waals surface area contributed by atoms with E-state index in [0.29, 0.717) is 57.1 Å². The van der Waals surface area contributed by atoms with Gasteiger partial charge in [0.2, 0.25) is 0 Å². The number of hydrogen-bond donors (Lipinski definition) is 7.